The highest BCUT2D eigenvalue weighted by molar-refractivity contribution is 9.10. The summed E-state index contributed by atoms with van der Waals surface area (Å²) in [5.41, 5.74) is -0.752. The molecule has 11 nitrogen and oxygen atoms in total. The Bertz CT molecular complexity index is 1210. The van der Waals surface area contributed by atoms with Crippen LogP contribution in [-0.4, -0.2) is 40.9 Å². The first kappa shape index (κ1) is 26.1. The minimum absolute atomic E-state index is 0.162. The van der Waals surface area contributed by atoms with E-state index < -0.39 is 43.3 Å². The highest BCUT2D eigenvalue weighted by Gasteiger charge is 2.34. The summed E-state index contributed by atoms with van der Waals surface area (Å²) in [5, 5.41) is 2.58. The van der Waals surface area contributed by atoms with Crippen LogP contribution < -0.4 is 20.9 Å². The van der Waals surface area contributed by atoms with Gasteiger partial charge in [-0.2, -0.15) is 5.09 Å². The van der Waals surface area contributed by atoms with Gasteiger partial charge in [-0.25, -0.2) is 9.36 Å². The van der Waals surface area contributed by atoms with Crippen LogP contribution in [0.3, 0.4) is 0 Å². The van der Waals surface area contributed by atoms with Gasteiger partial charge in [0.05, 0.1) is 13.2 Å². The Hall–Kier alpha value is -2.50. The standard InChI is InChI=1S/C21H25BrN3O8P/c1-4-30-20(27)14(3)24-34(29,33-16-7-5-15(22)6-8-16)31-12-17-9-10-18(32-17)25-11-13(2)19(26)23-21(25)28/h5-11,14,17-18H,4,12H2,1-3H3,(H,24,29)(H,23,26,28)/t14-,17-,18+,34?/m0/s1. The summed E-state index contributed by atoms with van der Waals surface area (Å²) in [5.74, 6) is -0.359. The maximum Gasteiger partial charge on any atom is 0.459 e. The molecule has 2 N–H and O–H groups in total. The lowest BCUT2D eigenvalue weighted by molar-refractivity contribution is -0.144. The van der Waals surface area contributed by atoms with E-state index in [1.807, 2.05) is 0 Å². The number of esters is 1. The second kappa shape index (κ2) is 11.3. The molecule has 0 bridgehead atoms. The van der Waals surface area contributed by atoms with Gasteiger partial charge in [0.15, 0.2) is 6.23 Å². The number of carbonyl (C=O) groups excluding carboxylic acids is 1. The molecule has 184 valence electrons. The summed E-state index contributed by atoms with van der Waals surface area (Å²) in [7, 11) is -4.05. The molecule has 2 heterocycles. The molecule has 0 saturated heterocycles. The third-order valence-corrected chi connectivity index (χ3v) is 6.84. The van der Waals surface area contributed by atoms with E-state index >= 15 is 0 Å². The van der Waals surface area contributed by atoms with Crippen LogP contribution in [0.4, 0.5) is 0 Å². The number of halogens is 1. The molecule has 2 aromatic rings. The number of aromatic nitrogens is 2. The van der Waals surface area contributed by atoms with Gasteiger partial charge >= 0.3 is 19.4 Å². The average molecular weight is 558 g/mol. The number of aromatic amines is 1. The summed E-state index contributed by atoms with van der Waals surface area (Å²) >= 11 is 3.31. The highest BCUT2D eigenvalue weighted by atomic mass is 79.9. The summed E-state index contributed by atoms with van der Waals surface area (Å²) in [6.07, 6.45) is 3.18. The van der Waals surface area contributed by atoms with Gasteiger partial charge in [0.1, 0.15) is 17.9 Å². The maximum atomic E-state index is 13.5. The van der Waals surface area contributed by atoms with Gasteiger partial charge in [0.25, 0.3) is 5.56 Å². The van der Waals surface area contributed by atoms with E-state index in [2.05, 4.69) is 26.0 Å². The summed E-state index contributed by atoms with van der Waals surface area (Å²) < 4.78 is 37.4. The number of nitrogens with one attached hydrogen (secondary N) is 2. The van der Waals surface area contributed by atoms with Crippen molar-refractivity contribution in [3.63, 3.8) is 0 Å². The van der Waals surface area contributed by atoms with Crippen LogP contribution in [0.2, 0.25) is 0 Å². The largest absolute Gasteiger partial charge is 0.465 e. The summed E-state index contributed by atoms with van der Waals surface area (Å²) in [6.45, 7) is 4.66. The lowest BCUT2D eigenvalue weighted by Crippen LogP contribution is -2.36. The van der Waals surface area contributed by atoms with E-state index in [0.717, 1.165) is 4.47 Å². The number of H-pyrrole nitrogens is 1. The fraction of sp³-hybridized carbons (Fsp3) is 0.381. The molecule has 0 saturated carbocycles. The fourth-order valence-electron chi connectivity index (χ4n) is 2.97. The Morgan fingerprint density at radius 1 is 1.29 bits per heavy atom. The minimum atomic E-state index is -4.05. The minimum Gasteiger partial charge on any atom is -0.465 e. The van der Waals surface area contributed by atoms with E-state index in [1.54, 1.807) is 50.3 Å². The van der Waals surface area contributed by atoms with Crippen LogP contribution in [-0.2, 0) is 23.4 Å². The van der Waals surface area contributed by atoms with Crippen molar-refractivity contribution >= 4 is 29.6 Å². The molecule has 1 aliphatic heterocycles. The molecule has 4 atom stereocenters. The molecular weight excluding hydrogens is 533 g/mol. The summed E-state index contributed by atoms with van der Waals surface area (Å²) in [4.78, 5) is 38.0. The first-order valence-corrected chi connectivity index (χ1v) is 12.7. The van der Waals surface area contributed by atoms with Gasteiger partial charge in [0.2, 0.25) is 0 Å². The van der Waals surface area contributed by atoms with Gasteiger partial charge in [0, 0.05) is 16.2 Å². The Kier molecular flexibility index (Phi) is 8.67. The predicted octanol–water partition coefficient (Wildman–Crippen LogP) is 2.81. The predicted molar refractivity (Wildman–Crippen MR) is 127 cm³/mol. The third kappa shape index (κ3) is 6.77. The number of hydrogen-bond donors (Lipinski definition) is 2. The lowest BCUT2D eigenvalue weighted by atomic mass is 10.3. The average Bonchev–Trinajstić information content (AvgIpc) is 3.25. The van der Waals surface area contributed by atoms with Gasteiger partial charge in [-0.15, -0.1) is 0 Å². The quantitative estimate of drug-likeness (QED) is 0.256. The molecular formula is C21H25BrN3O8P. The normalized spacial score (nSPS) is 20.0. The SMILES string of the molecule is CCOC(=O)[C@H](C)NP(=O)(OC[C@@H]1C=C[C@H](n2cc(C)c(=O)[nH]c2=O)O1)Oc1ccc(Br)cc1. The van der Waals surface area contributed by atoms with Crippen molar-refractivity contribution < 1.29 is 27.9 Å². The number of carbonyl (C=O) groups is 1. The first-order chi connectivity index (χ1) is 16.1. The van der Waals surface area contributed by atoms with E-state index in [-0.39, 0.29) is 19.0 Å². The van der Waals surface area contributed by atoms with Crippen molar-refractivity contribution in [3.05, 3.63) is 73.5 Å². The van der Waals surface area contributed by atoms with Gasteiger partial charge in [-0.1, -0.05) is 22.0 Å². The van der Waals surface area contributed by atoms with Crippen LogP contribution >= 0.6 is 23.7 Å². The van der Waals surface area contributed by atoms with Crippen LogP contribution in [0, 0.1) is 6.92 Å². The van der Waals surface area contributed by atoms with Gasteiger partial charge in [-0.05, 0) is 51.1 Å². The van der Waals surface area contributed by atoms with Gasteiger partial charge < -0.3 is 14.0 Å². The molecule has 13 heteroatoms. The van der Waals surface area contributed by atoms with Crippen molar-refractivity contribution in [2.45, 2.75) is 39.1 Å². The second-order valence-corrected chi connectivity index (χ2v) is 9.98. The Morgan fingerprint density at radius 3 is 2.68 bits per heavy atom. The third-order valence-electron chi connectivity index (χ3n) is 4.66. The number of benzene rings is 1. The van der Waals surface area contributed by atoms with Crippen LogP contribution in [0.25, 0.3) is 0 Å². The zero-order valence-electron chi connectivity index (χ0n) is 18.7. The topological polar surface area (TPSA) is 138 Å². The number of aryl methyl sites for hydroxylation is 1. The number of rotatable bonds is 10. The van der Waals surface area contributed by atoms with Crippen molar-refractivity contribution in [1.29, 1.82) is 0 Å². The molecule has 0 radical (unpaired) electrons. The number of nitrogens with zero attached hydrogens (tertiary/aromatic N) is 1. The number of ether oxygens (including phenoxy) is 2. The molecule has 3 rings (SSSR count). The molecule has 0 spiro atoms. The Balaban J connectivity index is 1.70. The maximum absolute atomic E-state index is 13.5. The summed E-state index contributed by atoms with van der Waals surface area (Å²) in [6, 6.07) is 5.60. The lowest BCUT2D eigenvalue weighted by Gasteiger charge is -2.24. The van der Waals surface area contributed by atoms with Crippen molar-refractivity contribution in [3.8, 4) is 5.75 Å². The van der Waals surface area contributed by atoms with Crippen molar-refractivity contribution in [2.75, 3.05) is 13.2 Å². The fourth-order valence-corrected chi connectivity index (χ4v) is 4.74. The molecule has 1 aromatic heterocycles. The Morgan fingerprint density at radius 2 is 2.00 bits per heavy atom. The molecule has 1 unspecified atom stereocenters. The first-order valence-electron chi connectivity index (χ1n) is 10.4. The second-order valence-electron chi connectivity index (χ2n) is 7.37. The van der Waals surface area contributed by atoms with E-state index in [4.69, 9.17) is 18.5 Å². The monoisotopic (exact) mass is 557 g/mol. The molecule has 0 amide bonds. The van der Waals surface area contributed by atoms with E-state index in [9.17, 15) is 18.9 Å². The highest BCUT2D eigenvalue weighted by Crippen LogP contribution is 2.45. The zero-order chi connectivity index (χ0) is 24.9. The Labute approximate surface area is 203 Å². The van der Waals surface area contributed by atoms with Crippen LogP contribution in [0.15, 0.2) is 56.7 Å². The van der Waals surface area contributed by atoms with Crippen molar-refractivity contribution in [2.24, 2.45) is 0 Å². The molecule has 34 heavy (non-hydrogen) atoms. The smallest absolute Gasteiger partial charge is 0.459 e. The van der Waals surface area contributed by atoms with E-state index in [0.29, 0.717) is 5.56 Å². The molecule has 1 aromatic carbocycles. The van der Waals surface area contributed by atoms with Gasteiger partial charge in [-0.3, -0.25) is 23.7 Å². The molecule has 0 aliphatic carbocycles. The van der Waals surface area contributed by atoms with E-state index in [1.165, 1.54) is 17.7 Å². The zero-order valence-corrected chi connectivity index (χ0v) is 21.2. The van der Waals surface area contributed by atoms with Crippen LogP contribution in [0.5, 0.6) is 5.75 Å². The van der Waals surface area contributed by atoms with Crippen molar-refractivity contribution in [1.82, 2.24) is 14.6 Å². The molecule has 1 aliphatic rings. The van der Waals surface area contributed by atoms with Crippen LogP contribution in [0.1, 0.15) is 25.6 Å². The molecule has 0 fully saturated rings. The number of hydrogen-bond acceptors (Lipinski definition) is 8.